The van der Waals surface area contributed by atoms with E-state index in [1.165, 1.54) is 0 Å². The Labute approximate surface area is 141 Å². The molecule has 0 aromatic heterocycles. The SMILES string of the molecule is O=[N+]([O-])C1CC(C(F)(F)C2CCC(Cl)C([N+](=O)[O-])C2)CCC1Cl. The average Bonchev–Trinajstić information content (AvgIpc) is 2.47. The molecule has 2 fully saturated rings. The van der Waals surface area contributed by atoms with Gasteiger partial charge in [0.15, 0.2) is 0 Å². The number of nitro groups is 2. The fourth-order valence-electron chi connectivity index (χ4n) is 3.69. The van der Waals surface area contributed by atoms with Crippen molar-refractivity contribution in [2.24, 2.45) is 11.8 Å². The fourth-order valence-corrected chi connectivity index (χ4v) is 4.33. The average molecular weight is 375 g/mol. The summed E-state index contributed by atoms with van der Waals surface area (Å²) >= 11 is 11.7. The number of rotatable bonds is 4. The van der Waals surface area contributed by atoms with Gasteiger partial charge in [0.25, 0.3) is 5.92 Å². The Morgan fingerprint density at radius 3 is 1.48 bits per heavy atom. The monoisotopic (exact) mass is 374 g/mol. The van der Waals surface area contributed by atoms with Crippen LogP contribution in [0.25, 0.3) is 0 Å². The van der Waals surface area contributed by atoms with Crippen LogP contribution < -0.4 is 0 Å². The maximum absolute atomic E-state index is 14.8. The first-order valence-corrected chi connectivity index (χ1v) is 8.44. The highest BCUT2D eigenvalue weighted by molar-refractivity contribution is 6.21. The molecule has 132 valence electrons. The second kappa shape index (κ2) is 7.01. The normalized spacial score (nSPS) is 39.0. The zero-order valence-corrected chi connectivity index (χ0v) is 13.8. The first kappa shape index (κ1) is 18.6. The summed E-state index contributed by atoms with van der Waals surface area (Å²) in [5, 5.41) is 20.4. The molecule has 0 saturated heterocycles. The van der Waals surface area contributed by atoms with Gasteiger partial charge in [0.1, 0.15) is 10.8 Å². The highest BCUT2D eigenvalue weighted by atomic mass is 35.5. The maximum Gasteiger partial charge on any atom is 0.254 e. The Hall–Kier alpha value is -0.760. The molecule has 0 spiro atoms. The van der Waals surface area contributed by atoms with Crippen LogP contribution in [0.15, 0.2) is 0 Å². The second-order valence-electron chi connectivity index (χ2n) is 6.43. The van der Waals surface area contributed by atoms with E-state index in [0.717, 1.165) is 0 Å². The highest BCUT2D eigenvalue weighted by Crippen LogP contribution is 2.48. The second-order valence-corrected chi connectivity index (χ2v) is 7.55. The molecule has 6 nitrogen and oxygen atoms in total. The lowest BCUT2D eigenvalue weighted by Gasteiger charge is -2.39. The molecule has 0 aliphatic heterocycles. The minimum atomic E-state index is -3.18. The van der Waals surface area contributed by atoms with Gasteiger partial charge in [-0.05, 0) is 25.7 Å². The van der Waals surface area contributed by atoms with Gasteiger partial charge in [0, 0.05) is 34.5 Å². The van der Waals surface area contributed by atoms with Crippen LogP contribution in [0.5, 0.6) is 0 Å². The smallest absolute Gasteiger partial charge is 0.254 e. The molecular weight excluding hydrogens is 357 g/mol. The van der Waals surface area contributed by atoms with E-state index in [4.69, 9.17) is 23.2 Å². The molecule has 0 aromatic rings. The van der Waals surface area contributed by atoms with E-state index in [1.807, 2.05) is 0 Å². The third-order valence-corrected chi connectivity index (χ3v) is 6.12. The molecule has 6 unspecified atom stereocenters. The largest absolute Gasteiger partial charge is 0.264 e. The number of nitrogens with zero attached hydrogens (tertiary/aromatic N) is 2. The van der Waals surface area contributed by atoms with Crippen LogP contribution in [0.3, 0.4) is 0 Å². The van der Waals surface area contributed by atoms with E-state index in [1.54, 1.807) is 0 Å². The van der Waals surface area contributed by atoms with Gasteiger partial charge >= 0.3 is 0 Å². The van der Waals surface area contributed by atoms with Crippen LogP contribution in [0.2, 0.25) is 0 Å². The molecule has 0 radical (unpaired) electrons. The van der Waals surface area contributed by atoms with Gasteiger partial charge in [-0.15, -0.1) is 23.2 Å². The van der Waals surface area contributed by atoms with Gasteiger partial charge in [0.2, 0.25) is 12.1 Å². The summed E-state index contributed by atoms with van der Waals surface area (Å²) in [7, 11) is 0. The van der Waals surface area contributed by atoms with Crippen molar-refractivity contribution < 1.29 is 18.6 Å². The molecule has 2 rings (SSSR count). The standard InChI is InChI=1S/C13H18Cl2F2N2O4/c14-9-3-1-7(5-11(9)18(20)21)13(16,17)8-2-4-10(15)12(6-8)19(22)23/h7-12H,1-6H2. The minimum absolute atomic E-state index is 0.0927. The van der Waals surface area contributed by atoms with Gasteiger partial charge < -0.3 is 0 Å². The van der Waals surface area contributed by atoms with Crippen LogP contribution in [0, 0.1) is 32.1 Å². The van der Waals surface area contributed by atoms with Gasteiger partial charge in [0.05, 0.1) is 0 Å². The van der Waals surface area contributed by atoms with Crippen molar-refractivity contribution >= 4 is 23.2 Å². The van der Waals surface area contributed by atoms with Gasteiger partial charge in [-0.2, -0.15) is 0 Å². The molecule has 0 N–H and O–H groups in total. The Balaban J connectivity index is 2.11. The van der Waals surface area contributed by atoms with E-state index >= 15 is 0 Å². The highest BCUT2D eigenvalue weighted by Gasteiger charge is 2.55. The quantitative estimate of drug-likeness (QED) is 0.426. The number of hydrogen-bond acceptors (Lipinski definition) is 4. The van der Waals surface area contributed by atoms with Crippen LogP contribution in [0.4, 0.5) is 8.78 Å². The van der Waals surface area contributed by atoms with E-state index in [-0.39, 0.29) is 38.5 Å². The van der Waals surface area contributed by atoms with Crippen molar-refractivity contribution in [3.63, 3.8) is 0 Å². The summed E-state index contributed by atoms with van der Waals surface area (Å²) in [6.07, 6.45) is -0.102. The Morgan fingerprint density at radius 2 is 1.17 bits per heavy atom. The van der Waals surface area contributed by atoms with Crippen molar-refractivity contribution in [2.45, 2.75) is 67.3 Å². The number of alkyl halides is 4. The van der Waals surface area contributed by atoms with Gasteiger partial charge in [-0.3, -0.25) is 20.2 Å². The molecule has 0 heterocycles. The van der Waals surface area contributed by atoms with Crippen LogP contribution in [-0.2, 0) is 0 Å². The molecule has 0 bridgehead atoms. The first-order chi connectivity index (χ1) is 10.6. The van der Waals surface area contributed by atoms with Crippen LogP contribution in [-0.4, -0.2) is 38.6 Å². The van der Waals surface area contributed by atoms with Crippen molar-refractivity contribution in [3.8, 4) is 0 Å². The molecule has 2 aliphatic rings. The third kappa shape index (κ3) is 3.84. The summed E-state index contributed by atoms with van der Waals surface area (Å²) < 4.78 is 29.6. The van der Waals surface area contributed by atoms with Crippen LogP contribution >= 0.6 is 23.2 Å². The first-order valence-electron chi connectivity index (χ1n) is 7.57. The molecular formula is C13H18Cl2F2N2O4. The Morgan fingerprint density at radius 1 is 0.826 bits per heavy atom. The molecule has 0 amide bonds. The third-order valence-electron chi connectivity index (χ3n) is 5.10. The van der Waals surface area contributed by atoms with E-state index in [2.05, 4.69) is 0 Å². The summed E-state index contributed by atoms with van der Waals surface area (Å²) in [4.78, 5) is 20.7. The van der Waals surface area contributed by atoms with Crippen molar-refractivity contribution in [2.75, 3.05) is 0 Å². The topological polar surface area (TPSA) is 86.3 Å². The lowest BCUT2D eigenvalue weighted by atomic mass is 9.72. The van der Waals surface area contributed by atoms with E-state index in [0.29, 0.717) is 0 Å². The molecule has 2 saturated carbocycles. The number of halogens is 4. The van der Waals surface area contributed by atoms with Gasteiger partial charge in [-0.1, -0.05) is 0 Å². The van der Waals surface area contributed by atoms with Crippen molar-refractivity contribution in [3.05, 3.63) is 20.2 Å². The lowest BCUT2D eigenvalue weighted by Crippen LogP contribution is -2.49. The molecule has 0 aromatic carbocycles. The summed E-state index contributed by atoms with van der Waals surface area (Å²) in [6.45, 7) is 0. The molecule has 6 atom stereocenters. The summed E-state index contributed by atoms with van der Waals surface area (Å²) in [6, 6.07) is -2.39. The molecule has 23 heavy (non-hydrogen) atoms. The lowest BCUT2D eigenvalue weighted by molar-refractivity contribution is -0.531. The van der Waals surface area contributed by atoms with Crippen molar-refractivity contribution in [1.29, 1.82) is 0 Å². The predicted molar refractivity (Wildman–Crippen MR) is 80.5 cm³/mol. The van der Waals surface area contributed by atoms with Gasteiger partial charge in [-0.25, -0.2) is 8.78 Å². The zero-order valence-electron chi connectivity index (χ0n) is 12.2. The molecule has 10 heteroatoms. The van der Waals surface area contributed by atoms with E-state index < -0.39 is 50.4 Å². The predicted octanol–water partition coefficient (Wildman–Crippen LogP) is 3.73. The fraction of sp³-hybridized carbons (Fsp3) is 1.00. The summed E-state index contributed by atoms with van der Waals surface area (Å²) in [5.74, 6) is -5.52. The number of hydrogen-bond donors (Lipinski definition) is 0. The zero-order chi connectivity index (χ0) is 17.4. The van der Waals surface area contributed by atoms with Crippen LogP contribution in [0.1, 0.15) is 38.5 Å². The Bertz CT molecular complexity index is 443. The molecule has 2 aliphatic carbocycles. The van der Waals surface area contributed by atoms with Crippen molar-refractivity contribution in [1.82, 2.24) is 0 Å². The maximum atomic E-state index is 14.8. The Kier molecular flexibility index (Phi) is 5.66. The minimum Gasteiger partial charge on any atom is -0.264 e. The van der Waals surface area contributed by atoms with E-state index in [9.17, 15) is 29.0 Å². The summed E-state index contributed by atoms with van der Waals surface area (Å²) in [5.41, 5.74) is 0.